The number of carbonyl (C=O) groups is 4. The molecular weight excluding hydrogens is 386 g/mol. The Labute approximate surface area is 173 Å². The Balaban J connectivity index is 1.42. The van der Waals surface area contributed by atoms with Crippen LogP contribution >= 0.6 is 0 Å². The second-order valence-corrected chi connectivity index (χ2v) is 7.89. The fourth-order valence-electron chi connectivity index (χ4n) is 5.02. The van der Waals surface area contributed by atoms with Gasteiger partial charge in [0, 0.05) is 18.4 Å². The predicted octanol–water partition coefficient (Wildman–Crippen LogP) is 1.91. The molecule has 3 atom stereocenters. The highest BCUT2D eigenvalue weighted by Crippen LogP contribution is 2.43. The highest BCUT2D eigenvalue weighted by molar-refractivity contribution is 6.25. The molecular formula is C22H21N3O5. The molecule has 0 radical (unpaired) electrons. The van der Waals surface area contributed by atoms with Gasteiger partial charge in [-0.05, 0) is 17.9 Å². The molecule has 0 saturated carbocycles. The molecule has 3 aliphatic rings. The Morgan fingerprint density at radius 1 is 1.07 bits per heavy atom. The summed E-state index contributed by atoms with van der Waals surface area (Å²) in [6, 6.07) is 11.7. The summed E-state index contributed by atoms with van der Waals surface area (Å²) in [7, 11) is 1.28. The molecule has 2 aromatic rings. The molecule has 4 amide bonds. The number of esters is 1. The van der Waals surface area contributed by atoms with Gasteiger partial charge in [0.05, 0.1) is 31.3 Å². The average Bonchev–Trinajstić information content (AvgIpc) is 3.43. The highest BCUT2D eigenvalue weighted by atomic mass is 16.5. The molecule has 0 spiro atoms. The van der Waals surface area contributed by atoms with E-state index in [1.54, 1.807) is 15.9 Å². The highest BCUT2D eigenvalue weighted by Gasteiger charge is 2.62. The minimum atomic E-state index is -0.669. The lowest BCUT2D eigenvalue weighted by Gasteiger charge is -2.34. The standard InChI is InChI=1S/C22H21N3O5/c1-30-19(27)10-9-18(26)23-12-14-11-17(23)20-21(28)25(22(29)24(14)20)16-8-4-6-13-5-2-3-7-15(13)16/h2-8,14,17,20H,9-12H2,1H3/t14?,17?,20-/m1/s1. The number of carbonyl (C=O) groups excluding carboxylic acids is 4. The van der Waals surface area contributed by atoms with Crippen molar-refractivity contribution < 1.29 is 23.9 Å². The van der Waals surface area contributed by atoms with Crippen molar-refractivity contribution in [3.8, 4) is 0 Å². The van der Waals surface area contributed by atoms with E-state index in [1.807, 2.05) is 36.4 Å². The van der Waals surface area contributed by atoms with Crippen LogP contribution in [0.1, 0.15) is 19.3 Å². The van der Waals surface area contributed by atoms with E-state index in [0.29, 0.717) is 18.7 Å². The number of urea groups is 1. The van der Waals surface area contributed by atoms with Crippen LogP contribution in [0.25, 0.3) is 10.8 Å². The van der Waals surface area contributed by atoms with E-state index in [-0.39, 0.29) is 42.8 Å². The normalized spacial score (nSPS) is 24.7. The third-order valence-electron chi connectivity index (χ3n) is 6.36. The molecule has 2 aromatic carbocycles. The molecule has 3 fully saturated rings. The summed E-state index contributed by atoms with van der Waals surface area (Å²) in [5.41, 5.74) is 0.570. The second-order valence-electron chi connectivity index (χ2n) is 7.89. The Hall–Kier alpha value is -3.42. The van der Waals surface area contributed by atoms with Gasteiger partial charge in [-0.3, -0.25) is 14.4 Å². The number of benzene rings is 2. The Morgan fingerprint density at radius 3 is 2.63 bits per heavy atom. The van der Waals surface area contributed by atoms with E-state index in [2.05, 4.69) is 4.74 Å². The van der Waals surface area contributed by atoms with E-state index in [9.17, 15) is 19.2 Å². The first-order chi connectivity index (χ1) is 14.5. The van der Waals surface area contributed by atoms with Crippen molar-refractivity contribution in [1.29, 1.82) is 0 Å². The van der Waals surface area contributed by atoms with Gasteiger partial charge in [0.15, 0.2) is 0 Å². The number of hydrogen-bond acceptors (Lipinski definition) is 5. The largest absolute Gasteiger partial charge is 0.469 e. The molecule has 0 aliphatic carbocycles. The first-order valence-electron chi connectivity index (χ1n) is 10.0. The number of amides is 4. The molecule has 3 heterocycles. The Kier molecular flexibility index (Phi) is 4.23. The number of rotatable bonds is 4. The number of imide groups is 1. The number of hydrogen-bond donors (Lipinski definition) is 0. The van der Waals surface area contributed by atoms with Crippen LogP contribution in [0.2, 0.25) is 0 Å². The minimum Gasteiger partial charge on any atom is -0.469 e. The first kappa shape index (κ1) is 18.6. The van der Waals surface area contributed by atoms with Gasteiger partial charge in [-0.25, -0.2) is 9.69 Å². The number of methoxy groups -OCH3 is 1. The van der Waals surface area contributed by atoms with Crippen LogP contribution in [0.3, 0.4) is 0 Å². The van der Waals surface area contributed by atoms with Gasteiger partial charge in [0.25, 0.3) is 5.91 Å². The van der Waals surface area contributed by atoms with Crippen LogP contribution in [0.4, 0.5) is 10.5 Å². The molecule has 8 heteroatoms. The van der Waals surface area contributed by atoms with E-state index in [0.717, 1.165) is 10.8 Å². The summed E-state index contributed by atoms with van der Waals surface area (Å²) in [5.74, 6) is -0.922. The summed E-state index contributed by atoms with van der Waals surface area (Å²) in [4.78, 5) is 55.2. The lowest BCUT2D eigenvalue weighted by molar-refractivity contribution is -0.144. The molecule has 30 heavy (non-hydrogen) atoms. The van der Waals surface area contributed by atoms with E-state index in [4.69, 9.17) is 0 Å². The number of anilines is 1. The molecule has 154 valence electrons. The van der Waals surface area contributed by atoms with E-state index < -0.39 is 12.0 Å². The first-order valence-corrected chi connectivity index (χ1v) is 10.0. The van der Waals surface area contributed by atoms with Crippen LogP contribution in [0.15, 0.2) is 42.5 Å². The minimum absolute atomic E-state index is 0.00656. The summed E-state index contributed by atoms with van der Waals surface area (Å²) in [5, 5.41) is 1.78. The third kappa shape index (κ3) is 2.59. The number of likely N-dealkylation sites (tertiary alicyclic amines) is 1. The van der Waals surface area contributed by atoms with Crippen molar-refractivity contribution >= 4 is 40.3 Å². The van der Waals surface area contributed by atoms with Crippen LogP contribution in [0.5, 0.6) is 0 Å². The van der Waals surface area contributed by atoms with E-state index in [1.165, 1.54) is 12.0 Å². The Morgan fingerprint density at radius 2 is 1.83 bits per heavy atom. The van der Waals surface area contributed by atoms with Crippen molar-refractivity contribution in [2.24, 2.45) is 0 Å². The lowest BCUT2D eigenvalue weighted by atomic mass is 10.1. The molecule has 3 saturated heterocycles. The fraction of sp³-hybridized carbons (Fsp3) is 0.364. The summed E-state index contributed by atoms with van der Waals surface area (Å²) < 4.78 is 4.60. The average molecular weight is 407 g/mol. The zero-order chi connectivity index (χ0) is 21.0. The smallest absolute Gasteiger partial charge is 0.332 e. The maximum Gasteiger partial charge on any atom is 0.332 e. The van der Waals surface area contributed by atoms with E-state index >= 15 is 0 Å². The second kappa shape index (κ2) is 6.83. The van der Waals surface area contributed by atoms with Crippen LogP contribution in [-0.4, -0.2) is 65.4 Å². The van der Waals surface area contributed by atoms with Crippen molar-refractivity contribution in [1.82, 2.24) is 9.80 Å². The zero-order valence-electron chi connectivity index (χ0n) is 16.5. The SMILES string of the molecule is COC(=O)CCC(=O)N1CC2CC1[C@@H]1C(=O)N(c3cccc4ccccc34)C(=O)N21. The summed E-state index contributed by atoms with van der Waals surface area (Å²) in [6.07, 6.45) is 0.639. The fourth-order valence-corrected chi connectivity index (χ4v) is 5.02. The van der Waals surface area contributed by atoms with Gasteiger partial charge in [-0.2, -0.15) is 0 Å². The zero-order valence-corrected chi connectivity index (χ0v) is 16.5. The van der Waals surface area contributed by atoms with Crippen molar-refractivity contribution in [2.45, 2.75) is 37.4 Å². The number of piperazine rings is 1. The molecule has 5 rings (SSSR count). The van der Waals surface area contributed by atoms with Crippen LogP contribution in [0, 0.1) is 0 Å². The van der Waals surface area contributed by atoms with Gasteiger partial charge < -0.3 is 14.5 Å². The van der Waals surface area contributed by atoms with Gasteiger partial charge in [-0.1, -0.05) is 36.4 Å². The van der Waals surface area contributed by atoms with Gasteiger partial charge in [-0.15, -0.1) is 0 Å². The van der Waals surface area contributed by atoms with Gasteiger partial charge in [0.2, 0.25) is 5.91 Å². The van der Waals surface area contributed by atoms with Crippen LogP contribution in [-0.2, 0) is 19.1 Å². The molecule has 0 N–H and O–H groups in total. The maximum atomic E-state index is 13.4. The maximum absolute atomic E-state index is 13.4. The number of nitrogens with zero attached hydrogens (tertiary/aromatic N) is 3. The number of fused-ring (bicyclic) bond motifs is 6. The molecule has 3 aliphatic heterocycles. The molecule has 2 bridgehead atoms. The summed E-state index contributed by atoms with van der Waals surface area (Å²) in [6.45, 7) is 0.392. The molecule has 8 nitrogen and oxygen atoms in total. The lowest BCUT2D eigenvalue weighted by Crippen LogP contribution is -2.54. The predicted molar refractivity (Wildman–Crippen MR) is 108 cm³/mol. The van der Waals surface area contributed by atoms with Crippen molar-refractivity contribution in [3.63, 3.8) is 0 Å². The third-order valence-corrected chi connectivity index (χ3v) is 6.36. The van der Waals surface area contributed by atoms with Crippen molar-refractivity contribution in [3.05, 3.63) is 42.5 Å². The van der Waals surface area contributed by atoms with Gasteiger partial charge in [0.1, 0.15) is 6.04 Å². The van der Waals surface area contributed by atoms with Crippen LogP contribution < -0.4 is 4.90 Å². The monoisotopic (exact) mass is 407 g/mol. The van der Waals surface area contributed by atoms with Crippen molar-refractivity contribution in [2.75, 3.05) is 18.6 Å². The summed E-state index contributed by atoms with van der Waals surface area (Å²) >= 11 is 0. The quantitative estimate of drug-likeness (QED) is 0.571. The molecule has 0 aromatic heterocycles. The Bertz CT molecular complexity index is 1080. The molecule has 2 unspecified atom stereocenters. The topological polar surface area (TPSA) is 87.2 Å². The van der Waals surface area contributed by atoms with Gasteiger partial charge >= 0.3 is 12.0 Å². The number of ether oxygens (including phenoxy) is 1.